The zero-order valence-electron chi connectivity index (χ0n) is 17.8. The second-order valence-corrected chi connectivity index (χ2v) is 8.27. The SMILES string of the molecule is CC(=O)N(Cc1ccccc1)C1CCC(c2ccc(CNCCC(N)=O)cc2)CC1. The second-order valence-electron chi connectivity index (χ2n) is 8.27. The number of carbonyl (C=O) groups is 2. The molecule has 0 aromatic heterocycles. The molecule has 30 heavy (non-hydrogen) atoms. The van der Waals surface area contributed by atoms with Crippen molar-refractivity contribution in [3.8, 4) is 0 Å². The molecular formula is C25H33N3O2. The quantitative estimate of drug-likeness (QED) is 0.622. The first-order valence-corrected chi connectivity index (χ1v) is 10.9. The number of amides is 2. The molecule has 3 N–H and O–H groups in total. The molecule has 1 fully saturated rings. The normalized spacial score (nSPS) is 18.7. The number of nitrogens with one attached hydrogen (secondary N) is 1. The van der Waals surface area contributed by atoms with Crippen LogP contribution in [-0.4, -0.2) is 29.3 Å². The molecule has 3 rings (SSSR count). The van der Waals surface area contributed by atoms with Crippen molar-refractivity contribution in [1.29, 1.82) is 0 Å². The topological polar surface area (TPSA) is 75.4 Å². The first-order valence-electron chi connectivity index (χ1n) is 10.9. The van der Waals surface area contributed by atoms with Crippen molar-refractivity contribution in [3.05, 3.63) is 71.3 Å². The molecule has 0 spiro atoms. The number of nitrogens with zero attached hydrogens (tertiary/aromatic N) is 1. The van der Waals surface area contributed by atoms with Crippen LogP contribution in [0.3, 0.4) is 0 Å². The first kappa shape index (κ1) is 22.0. The Labute approximate surface area is 179 Å². The van der Waals surface area contributed by atoms with E-state index in [4.69, 9.17) is 5.73 Å². The summed E-state index contributed by atoms with van der Waals surface area (Å²) in [7, 11) is 0. The average Bonchev–Trinajstić information content (AvgIpc) is 2.76. The van der Waals surface area contributed by atoms with Crippen LogP contribution in [0.5, 0.6) is 0 Å². The van der Waals surface area contributed by atoms with E-state index in [9.17, 15) is 9.59 Å². The van der Waals surface area contributed by atoms with Crippen molar-refractivity contribution in [2.24, 2.45) is 5.73 Å². The molecule has 1 aliphatic rings. The van der Waals surface area contributed by atoms with E-state index in [-0.39, 0.29) is 11.8 Å². The Hall–Kier alpha value is -2.66. The van der Waals surface area contributed by atoms with Crippen LogP contribution < -0.4 is 11.1 Å². The number of benzene rings is 2. The molecular weight excluding hydrogens is 374 g/mol. The van der Waals surface area contributed by atoms with Gasteiger partial charge in [-0.2, -0.15) is 0 Å². The van der Waals surface area contributed by atoms with Gasteiger partial charge in [0.1, 0.15) is 0 Å². The standard InChI is InChI=1S/C25H33N3O2/c1-19(29)28(18-21-5-3-2-4-6-21)24-13-11-23(12-14-24)22-9-7-20(8-10-22)17-27-16-15-25(26)30/h2-10,23-24,27H,11-18H2,1H3,(H2,26,30). The molecule has 0 heterocycles. The zero-order valence-corrected chi connectivity index (χ0v) is 17.8. The summed E-state index contributed by atoms with van der Waals surface area (Å²) in [5, 5.41) is 3.24. The minimum absolute atomic E-state index is 0.162. The summed E-state index contributed by atoms with van der Waals surface area (Å²) in [5.41, 5.74) is 8.94. The third-order valence-electron chi connectivity index (χ3n) is 6.07. The number of hydrogen-bond donors (Lipinski definition) is 2. The second kappa shape index (κ2) is 10.9. The minimum Gasteiger partial charge on any atom is -0.370 e. The average molecular weight is 408 g/mol. The van der Waals surface area contributed by atoms with E-state index in [0.717, 1.165) is 32.2 Å². The molecule has 2 aromatic carbocycles. The van der Waals surface area contributed by atoms with E-state index in [2.05, 4.69) is 41.7 Å². The summed E-state index contributed by atoms with van der Waals surface area (Å²) in [5.74, 6) is 0.444. The highest BCUT2D eigenvalue weighted by molar-refractivity contribution is 5.74. The van der Waals surface area contributed by atoms with Gasteiger partial charge in [-0.15, -0.1) is 0 Å². The molecule has 1 saturated carbocycles. The van der Waals surface area contributed by atoms with Gasteiger partial charge < -0.3 is 16.0 Å². The minimum atomic E-state index is -0.277. The van der Waals surface area contributed by atoms with Crippen LogP contribution in [0, 0.1) is 0 Å². The van der Waals surface area contributed by atoms with E-state index in [0.29, 0.717) is 31.5 Å². The highest BCUT2D eigenvalue weighted by Gasteiger charge is 2.28. The maximum absolute atomic E-state index is 12.3. The van der Waals surface area contributed by atoms with Gasteiger partial charge in [0.15, 0.2) is 0 Å². The summed E-state index contributed by atoms with van der Waals surface area (Å²) in [6.45, 7) is 3.73. The van der Waals surface area contributed by atoms with Gasteiger partial charge in [0, 0.05) is 39.0 Å². The van der Waals surface area contributed by atoms with E-state index in [1.165, 1.54) is 16.7 Å². The molecule has 0 unspecified atom stereocenters. The third-order valence-corrected chi connectivity index (χ3v) is 6.07. The summed E-state index contributed by atoms with van der Waals surface area (Å²) in [6, 6.07) is 19.3. The Balaban J connectivity index is 1.50. The van der Waals surface area contributed by atoms with Crippen molar-refractivity contribution >= 4 is 11.8 Å². The van der Waals surface area contributed by atoms with Gasteiger partial charge in [0.2, 0.25) is 11.8 Å². The van der Waals surface area contributed by atoms with Crippen molar-refractivity contribution < 1.29 is 9.59 Å². The zero-order chi connectivity index (χ0) is 21.3. The van der Waals surface area contributed by atoms with E-state index < -0.39 is 0 Å². The fraction of sp³-hybridized carbons (Fsp3) is 0.440. The maximum Gasteiger partial charge on any atom is 0.219 e. The van der Waals surface area contributed by atoms with Gasteiger partial charge in [-0.3, -0.25) is 9.59 Å². The number of carbonyl (C=O) groups excluding carboxylic acids is 2. The van der Waals surface area contributed by atoms with Crippen LogP contribution in [0.2, 0.25) is 0 Å². The lowest BCUT2D eigenvalue weighted by Gasteiger charge is -2.37. The summed E-state index contributed by atoms with van der Waals surface area (Å²) < 4.78 is 0. The molecule has 0 bridgehead atoms. The largest absolute Gasteiger partial charge is 0.370 e. The predicted molar refractivity (Wildman–Crippen MR) is 120 cm³/mol. The van der Waals surface area contributed by atoms with E-state index >= 15 is 0 Å². The van der Waals surface area contributed by atoms with Crippen molar-refractivity contribution in [2.45, 2.75) is 64.1 Å². The molecule has 160 valence electrons. The maximum atomic E-state index is 12.3. The Morgan fingerprint density at radius 1 is 0.967 bits per heavy atom. The van der Waals surface area contributed by atoms with E-state index in [1.807, 2.05) is 23.1 Å². The van der Waals surface area contributed by atoms with Crippen LogP contribution >= 0.6 is 0 Å². The highest BCUT2D eigenvalue weighted by atomic mass is 16.2. The number of rotatable bonds is 9. The van der Waals surface area contributed by atoms with Gasteiger partial charge >= 0.3 is 0 Å². The van der Waals surface area contributed by atoms with Crippen LogP contribution in [0.15, 0.2) is 54.6 Å². The van der Waals surface area contributed by atoms with Crippen molar-refractivity contribution in [1.82, 2.24) is 10.2 Å². The number of primary amides is 1. The first-order chi connectivity index (χ1) is 14.5. The lowest BCUT2D eigenvalue weighted by atomic mass is 9.81. The van der Waals surface area contributed by atoms with Crippen LogP contribution in [0.4, 0.5) is 0 Å². The van der Waals surface area contributed by atoms with Crippen LogP contribution in [-0.2, 0) is 22.7 Å². The molecule has 0 radical (unpaired) electrons. The smallest absolute Gasteiger partial charge is 0.219 e. The van der Waals surface area contributed by atoms with Crippen molar-refractivity contribution in [3.63, 3.8) is 0 Å². The Morgan fingerprint density at radius 2 is 1.63 bits per heavy atom. The molecule has 0 aliphatic heterocycles. The predicted octanol–water partition coefficient (Wildman–Crippen LogP) is 3.73. The summed E-state index contributed by atoms with van der Waals surface area (Å²) >= 11 is 0. The Bertz CT molecular complexity index is 812. The van der Waals surface area contributed by atoms with Gasteiger partial charge in [-0.1, -0.05) is 54.6 Å². The van der Waals surface area contributed by atoms with Gasteiger partial charge in [-0.05, 0) is 48.3 Å². The fourth-order valence-electron chi connectivity index (χ4n) is 4.35. The molecule has 1 aliphatic carbocycles. The fourth-order valence-corrected chi connectivity index (χ4v) is 4.35. The highest BCUT2D eigenvalue weighted by Crippen LogP contribution is 2.35. The Kier molecular flexibility index (Phi) is 8.03. The van der Waals surface area contributed by atoms with Crippen molar-refractivity contribution in [2.75, 3.05) is 6.54 Å². The van der Waals surface area contributed by atoms with Gasteiger partial charge in [-0.25, -0.2) is 0 Å². The lowest BCUT2D eigenvalue weighted by molar-refractivity contribution is -0.132. The summed E-state index contributed by atoms with van der Waals surface area (Å²) in [6.07, 6.45) is 4.68. The molecule has 2 amide bonds. The third kappa shape index (κ3) is 6.42. The molecule has 5 heteroatoms. The molecule has 0 atom stereocenters. The molecule has 5 nitrogen and oxygen atoms in total. The van der Waals surface area contributed by atoms with E-state index in [1.54, 1.807) is 6.92 Å². The number of nitrogens with two attached hydrogens (primary N) is 1. The molecule has 0 saturated heterocycles. The Morgan fingerprint density at radius 3 is 2.23 bits per heavy atom. The lowest BCUT2D eigenvalue weighted by Crippen LogP contribution is -2.40. The van der Waals surface area contributed by atoms with Gasteiger partial charge in [0.05, 0.1) is 0 Å². The monoisotopic (exact) mass is 407 g/mol. The van der Waals surface area contributed by atoms with Crippen LogP contribution in [0.1, 0.15) is 61.6 Å². The summed E-state index contributed by atoms with van der Waals surface area (Å²) in [4.78, 5) is 25.1. The number of hydrogen-bond acceptors (Lipinski definition) is 3. The molecule has 2 aromatic rings. The van der Waals surface area contributed by atoms with Crippen LogP contribution in [0.25, 0.3) is 0 Å². The van der Waals surface area contributed by atoms with Gasteiger partial charge in [0.25, 0.3) is 0 Å².